The molecular formula is C14H24N2O4. The van der Waals surface area contributed by atoms with E-state index < -0.39 is 11.6 Å². The fourth-order valence-corrected chi connectivity index (χ4v) is 2.21. The zero-order valence-corrected chi connectivity index (χ0v) is 12.6. The summed E-state index contributed by atoms with van der Waals surface area (Å²) in [6.45, 7) is 9.57. The zero-order valence-electron chi connectivity index (χ0n) is 12.6. The maximum absolute atomic E-state index is 12.2. The first-order valence-electron chi connectivity index (χ1n) is 6.76. The molecule has 1 amide bonds. The molecule has 0 bridgehead atoms. The number of carboxylic acid groups (broad SMARTS) is 1. The van der Waals surface area contributed by atoms with Crippen molar-refractivity contribution in [2.24, 2.45) is 0 Å². The van der Waals surface area contributed by atoms with Crippen LogP contribution in [0, 0.1) is 0 Å². The number of amides is 1. The molecule has 20 heavy (non-hydrogen) atoms. The van der Waals surface area contributed by atoms with Crippen molar-refractivity contribution in [1.82, 2.24) is 9.80 Å². The van der Waals surface area contributed by atoms with Crippen molar-refractivity contribution < 1.29 is 19.8 Å². The number of β-amino-alcohol motifs (C(OH)–C–C–N with tert-alkyl or cyclic N) is 1. The molecule has 1 aliphatic heterocycles. The number of carbonyl (C=O) groups is 2. The van der Waals surface area contributed by atoms with Gasteiger partial charge in [-0.05, 0) is 27.7 Å². The van der Waals surface area contributed by atoms with Gasteiger partial charge in [-0.2, -0.15) is 0 Å². The van der Waals surface area contributed by atoms with Gasteiger partial charge in [0.1, 0.15) is 0 Å². The number of hydrogen-bond acceptors (Lipinski definition) is 4. The fourth-order valence-electron chi connectivity index (χ4n) is 2.21. The van der Waals surface area contributed by atoms with Crippen LogP contribution in [0.5, 0.6) is 0 Å². The predicted octanol–water partition coefficient (Wildman–Crippen LogP) is 0.323. The third kappa shape index (κ3) is 4.61. The average molecular weight is 284 g/mol. The minimum Gasteiger partial charge on any atom is -0.478 e. The molecule has 6 heteroatoms. The highest BCUT2D eigenvalue weighted by Crippen LogP contribution is 2.13. The van der Waals surface area contributed by atoms with E-state index in [0.717, 1.165) is 0 Å². The van der Waals surface area contributed by atoms with Crippen molar-refractivity contribution in [2.75, 3.05) is 32.7 Å². The molecule has 1 fully saturated rings. The highest BCUT2D eigenvalue weighted by Gasteiger charge is 2.26. The zero-order chi connectivity index (χ0) is 15.5. The summed E-state index contributed by atoms with van der Waals surface area (Å²) in [5, 5.41) is 18.7. The monoisotopic (exact) mass is 284 g/mol. The lowest BCUT2D eigenvalue weighted by atomic mass is 10.1. The summed E-state index contributed by atoms with van der Waals surface area (Å²) in [5.41, 5.74) is -0.371. The molecule has 1 aliphatic rings. The highest BCUT2D eigenvalue weighted by atomic mass is 16.4. The Balaban J connectivity index is 2.60. The number of aliphatic carboxylic acids is 1. The molecule has 1 saturated heterocycles. The van der Waals surface area contributed by atoms with Gasteiger partial charge in [0.05, 0.1) is 5.60 Å². The van der Waals surface area contributed by atoms with Crippen molar-refractivity contribution in [3.8, 4) is 0 Å². The minimum atomic E-state index is -1.06. The van der Waals surface area contributed by atoms with Crippen LogP contribution in [0.2, 0.25) is 0 Å². The second-order valence-corrected chi connectivity index (χ2v) is 5.94. The number of carbonyl (C=O) groups excluding carboxylic acids is 1. The van der Waals surface area contributed by atoms with Gasteiger partial charge in [0.15, 0.2) is 0 Å². The Labute approximate surface area is 119 Å². The first-order chi connectivity index (χ1) is 9.11. The van der Waals surface area contributed by atoms with Crippen LogP contribution in [0.3, 0.4) is 0 Å². The molecule has 0 aromatic rings. The SMILES string of the molecule is CC(C(=O)O)=C(C)C(=O)N1CCN(CC(C)(C)O)CC1. The van der Waals surface area contributed by atoms with E-state index in [4.69, 9.17) is 5.11 Å². The number of aliphatic hydroxyl groups is 1. The molecule has 0 radical (unpaired) electrons. The van der Waals surface area contributed by atoms with Gasteiger partial charge in [-0.25, -0.2) is 4.79 Å². The first-order valence-corrected chi connectivity index (χ1v) is 6.76. The Morgan fingerprint density at radius 1 is 1.05 bits per heavy atom. The van der Waals surface area contributed by atoms with Gasteiger partial charge in [0, 0.05) is 43.9 Å². The van der Waals surface area contributed by atoms with Crippen LogP contribution in [0.15, 0.2) is 11.1 Å². The Morgan fingerprint density at radius 2 is 1.55 bits per heavy atom. The van der Waals surface area contributed by atoms with E-state index in [9.17, 15) is 14.7 Å². The van der Waals surface area contributed by atoms with E-state index >= 15 is 0 Å². The lowest BCUT2D eigenvalue weighted by Gasteiger charge is -2.37. The molecule has 1 heterocycles. The average Bonchev–Trinajstić information content (AvgIpc) is 2.35. The molecule has 0 aliphatic carbocycles. The number of nitrogens with zero attached hydrogens (tertiary/aromatic N) is 2. The summed E-state index contributed by atoms with van der Waals surface area (Å²) < 4.78 is 0. The molecule has 0 unspecified atom stereocenters. The van der Waals surface area contributed by atoms with Crippen LogP contribution in [0.4, 0.5) is 0 Å². The van der Waals surface area contributed by atoms with E-state index in [0.29, 0.717) is 32.7 Å². The quantitative estimate of drug-likeness (QED) is 0.727. The Kier molecular flexibility index (Phi) is 5.30. The molecule has 1 rings (SSSR count). The minimum absolute atomic E-state index is 0.0916. The van der Waals surface area contributed by atoms with Gasteiger partial charge < -0.3 is 15.1 Å². The van der Waals surface area contributed by atoms with Gasteiger partial charge in [-0.3, -0.25) is 9.69 Å². The lowest BCUT2D eigenvalue weighted by molar-refractivity contribution is -0.134. The molecular weight excluding hydrogens is 260 g/mol. The summed E-state index contributed by atoms with van der Waals surface area (Å²) in [4.78, 5) is 26.8. The third-order valence-corrected chi connectivity index (χ3v) is 3.47. The van der Waals surface area contributed by atoms with Gasteiger partial charge in [-0.15, -0.1) is 0 Å². The second-order valence-electron chi connectivity index (χ2n) is 5.94. The largest absolute Gasteiger partial charge is 0.478 e. The van der Waals surface area contributed by atoms with Crippen molar-refractivity contribution in [3.05, 3.63) is 11.1 Å². The van der Waals surface area contributed by atoms with E-state index in [1.54, 1.807) is 25.7 Å². The van der Waals surface area contributed by atoms with Gasteiger partial charge in [-0.1, -0.05) is 0 Å². The first kappa shape index (κ1) is 16.7. The van der Waals surface area contributed by atoms with Crippen LogP contribution in [0.1, 0.15) is 27.7 Å². The summed E-state index contributed by atoms with van der Waals surface area (Å²) in [5.74, 6) is -1.27. The van der Waals surface area contributed by atoms with Crippen molar-refractivity contribution in [2.45, 2.75) is 33.3 Å². The van der Waals surface area contributed by atoms with Gasteiger partial charge >= 0.3 is 5.97 Å². The van der Waals surface area contributed by atoms with Crippen LogP contribution < -0.4 is 0 Å². The summed E-state index contributed by atoms with van der Waals surface area (Å²) in [6, 6.07) is 0. The molecule has 114 valence electrons. The fraction of sp³-hybridized carbons (Fsp3) is 0.714. The van der Waals surface area contributed by atoms with Crippen molar-refractivity contribution in [3.63, 3.8) is 0 Å². The Bertz CT molecular complexity index is 415. The van der Waals surface area contributed by atoms with Crippen LogP contribution in [-0.2, 0) is 9.59 Å². The van der Waals surface area contributed by atoms with E-state index in [1.165, 1.54) is 6.92 Å². The molecule has 0 atom stereocenters. The standard InChI is InChI=1S/C14H24N2O4/c1-10(11(2)13(18)19)12(17)16-7-5-15(6-8-16)9-14(3,4)20/h20H,5-9H2,1-4H3,(H,18,19). The summed E-state index contributed by atoms with van der Waals surface area (Å²) in [6.07, 6.45) is 0. The molecule has 0 spiro atoms. The van der Waals surface area contributed by atoms with E-state index in [-0.39, 0.29) is 17.1 Å². The topological polar surface area (TPSA) is 81.1 Å². The Morgan fingerprint density at radius 3 is 1.95 bits per heavy atom. The summed E-state index contributed by atoms with van der Waals surface area (Å²) in [7, 11) is 0. The maximum Gasteiger partial charge on any atom is 0.331 e. The van der Waals surface area contributed by atoms with Crippen LogP contribution >= 0.6 is 0 Å². The van der Waals surface area contributed by atoms with Crippen molar-refractivity contribution in [1.29, 1.82) is 0 Å². The molecule has 2 N–H and O–H groups in total. The van der Waals surface area contributed by atoms with Gasteiger partial charge in [0.25, 0.3) is 0 Å². The number of rotatable bonds is 4. The predicted molar refractivity (Wildman–Crippen MR) is 75.3 cm³/mol. The van der Waals surface area contributed by atoms with Crippen LogP contribution in [0.25, 0.3) is 0 Å². The Hall–Kier alpha value is -1.40. The highest BCUT2D eigenvalue weighted by molar-refractivity contribution is 6.01. The third-order valence-electron chi connectivity index (χ3n) is 3.47. The van der Waals surface area contributed by atoms with E-state index in [1.807, 2.05) is 0 Å². The maximum atomic E-state index is 12.2. The second kappa shape index (κ2) is 6.37. The molecule has 6 nitrogen and oxygen atoms in total. The number of carboxylic acids is 1. The summed E-state index contributed by atoms with van der Waals surface area (Å²) >= 11 is 0. The van der Waals surface area contributed by atoms with Crippen molar-refractivity contribution >= 4 is 11.9 Å². The number of hydrogen-bond donors (Lipinski definition) is 2. The van der Waals surface area contributed by atoms with Crippen LogP contribution in [-0.4, -0.2) is 70.2 Å². The van der Waals surface area contributed by atoms with Gasteiger partial charge in [0.2, 0.25) is 5.91 Å². The molecule has 0 saturated carbocycles. The number of piperazine rings is 1. The molecule has 0 aromatic carbocycles. The lowest BCUT2D eigenvalue weighted by Crippen LogP contribution is -2.52. The molecule has 0 aromatic heterocycles. The smallest absolute Gasteiger partial charge is 0.331 e. The normalized spacial score (nSPS) is 18.8. The van der Waals surface area contributed by atoms with E-state index in [2.05, 4.69) is 4.90 Å².